The highest BCUT2D eigenvalue weighted by molar-refractivity contribution is 5.84. The molecule has 0 saturated heterocycles. The Balaban J connectivity index is 4.10. The summed E-state index contributed by atoms with van der Waals surface area (Å²) in [5.74, 6) is -1.02. The first-order valence-corrected chi connectivity index (χ1v) is 5.78. The Labute approximate surface area is 97.6 Å². The lowest BCUT2D eigenvalue weighted by molar-refractivity contribution is -0.151. The van der Waals surface area contributed by atoms with E-state index in [-0.39, 0.29) is 12.3 Å². The van der Waals surface area contributed by atoms with Crippen LogP contribution in [0.4, 0.5) is 0 Å². The quantitative estimate of drug-likeness (QED) is 0.680. The van der Waals surface area contributed by atoms with Gasteiger partial charge in [0.2, 0.25) is 5.91 Å². The summed E-state index contributed by atoms with van der Waals surface area (Å²) in [6.07, 6.45) is 3.25. The molecule has 0 aromatic rings. The number of aliphatic carboxylic acids is 1. The van der Waals surface area contributed by atoms with E-state index in [1.165, 1.54) is 0 Å². The Morgan fingerprint density at radius 3 is 2.25 bits per heavy atom. The molecule has 0 aromatic carbocycles. The summed E-state index contributed by atoms with van der Waals surface area (Å²) in [7, 11) is 1.73. The molecule has 0 atom stereocenters. The van der Waals surface area contributed by atoms with Crippen LogP contribution in [0.3, 0.4) is 0 Å². The Morgan fingerprint density at radius 1 is 1.25 bits per heavy atom. The van der Waals surface area contributed by atoms with Gasteiger partial charge >= 0.3 is 5.97 Å². The molecule has 0 unspecified atom stereocenters. The molecule has 4 heteroatoms. The number of rotatable bonds is 7. The SMILES string of the molecule is CCCCCN(C)C(=O)CC(C)(C)C(=O)O. The summed E-state index contributed by atoms with van der Waals surface area (Å²) < 4.78 is 0. The zero-order chi connectivity index (χ0) is 12.8. The molecule has 1 amide bonds. The summed E-state index contributed by atoms with van der Waals surface area (Å²) in [5.41, 5.74) is -0.976. The van der Waals surface area contributed by atoms with E-state index in [1.807, 2.05) is 0 Å². The first kappa shape index (κ1) is 14.9. The molecule has 0 aliphatic carbocycles. The first-order chi connectivity index (χ1) is 7.31. The second kappa shape index (κ2) is 6.51. The van der Waals surface area contributed by atoms with Gasteiger partial charge in [0.25, 0.3) is 0 Å². The third-order valence-corrected chi connectivity index (χ3v) is 2.69. The zero-order valence-corrected chi connectivity index (χ0v) is 10.7. The van der Waals surface area contributed by atoms with Crippen LogP contribution in [-0.4, -0.2) is 35.5 Å². The van der Waals surface area contributed by atoms with Gasteiger partial charge in [-0.2, -0.15) is 0 Å². The number of carboxylic acids is 1. The van der Waals surface area contributed by atoms with E-state index in [4.69, 9.17) is 5.11 Å². The fourth-order valence-corrected chi connectivity index (χ4v) is 1.31. The highest BCUT2D eigenvalue weighted by Crippen LogP contribution is 2.21. The van der Waals surface area contributed by atoms with Crippen molar-refractivity contribution in [3.8, 4) is 0 Å². The summed E-state index contributed by atoms with van der Waals surface area (Å²) in [6.45, 7) is 5.97. The van der Waals surface area contributed by atoms with Crippen LogP contribution in [0.2, 0.25) is 0 Å². The number of hydrogen-bond acceptors (Lipinski definition) is 2. The van der Waals surface area contributed by atoms with Gasteiger partial charge < -0.3 is 10.0 Å². The normalized spacial score (nSPS) is 11.2. The van der Waals surface area contributed by atoms with Gasteiger partial charge in [-0.3, -0.25) is 9.59 Å². The minimum Gasteiger partial charge on any atom is -0.481 e. The largest absolute Gasteiger partial charge is 0.481 e. The van der Waals surface area contributed by atoms with Crippen molar-refractivity contribution in [3.05, 3.63) is 0 Å². The third kappa shape index (κ3) is 5.14. The number of unbranched alkanes of at least 4 members (excludes halogenated alkanes) is 2. The summed E-state index contributed by atoms with van der Waals surface area (Å²) in [5, 5.41) is 8.92. The molecule has 0 bridgehead atoms. The van der Waals surface area contributed by atoms with E-state index in [9.17, 15) is 9.59 Å². The molecule has 0 aliphatic rings. The molecular formula is C12H23NO3. The first-order valence-electron chi connectivity index (χ1n) is 5.78. The van der Waals surface area contributed by atoms with E-state index in [0.29, 0.717) is 6.54 Å². The van der Waals surface area contributed by atoms with Crippen LogP contribution >= 0.6 is 0 Å². The van der Waals surface area contributed by atoms with Gasteiger partial charge in [0.1, 0.15) is 0 Å². The van der Waals surface area contributed by atoms with E-state index in [2.05, 4.69) is 6.92 Å². The fourth-order valence-electron chi connectivity index (χ4n) is 1.31. The lowest BCUT2D eigenvalue weighted by Gasteiger charge is -2.23. The molecule has 0 heterocycles. The van der Waals surface area contributed by atoms with Gasteiger partial charge in [0, 0.05) is 20.0 Å². The third-order valence-electron chi connectivity index (χ3n) is 2.69. The van der Waals surface area contributed by atoms with E-state index in [0.717, 1.165) is 19.3 Å². The minimum absolute atomic E-state index is 0.0605. The molecule has 0 rings (SSSR count). The monoisotopic (exact) mass is 229 g/mol. The maximum atomic E-state index is 11.7. The highest BCUT2D eigenvalue weighted by atomic mass is 16.4. The van der Waals surface area contributed by atoms with Crippen molar-refractivity contribution in [3.63, 3.8) is 0 Å². The van der Waals surface area contributed by atoms with Gasteiger partial charge in [0.05, 0.1) is 5.41 Å². The van der Waals surface area contributed by atoms with Crippen molar-refractivity contribution in [2.45, 2.75) is 46.5 Å². The number of carboxylic acid groups (broad SMARTS) is 1. The molecule has 0 aromatic heterocycles. The van der Waals surface area contributed by atoms with Crippen LogP contribution in [-0.2, 0) is 9.59 Å². The maximum absolute atomic E-state index is 11.7. The van der Waals surface area contributed by atoms with Gasteiger partial charge in [-0.05, 0) is 20.3 Å². The number of nitrogens with zero attached hydrogens (tertiary/aromatic N) is 1. The van der Waals surface area contributed by atoms with E-state index in [1.54, 1.807) is 25.8 Å². The highest BCUT2D eigenvalue weighted by Gasteiger charge is 2.31. The van der Waals surface area contributed by atoms with Gasteiger partial charge in [-0.1, -0.05) is 19.8 Å². The molecule has 0 radical (unpaired) electrons. The standard InChI is InChI=1S/C12H23NO3/c1-5-6-7-8-13(4)10(14)9-12(2,3)11(15)16/h5-9H2,1-4H3,(H,15,16). The molecule has 0 saturated carbocycles. The molecule has 0 fully saturated rings. The van der Waals surface area contributed by atoms with Crippen LogP contribution in [0.25, 0.3) is 0 Å². The van der Waals surface area contributed by atoms with E-state index < -0.39 is 11.4 Å². The predicted octanol–water partition coefficient (Wildman–Crippen LogP) is 2.14. The Hall–Kier alpha value is -1.06. The van der Waals surface area contributed by atoms with Gasteiger partial charge in [-0.15, -0.1) is 0 Å². The van der Waals surface area contributed by atoms with Crippen LogP contribution in [0.1, 0.15) is 46.5 Å². The number of carbonyl (C=O) groups is 2. The minimum atomic E-state index is -0.976. The molecular weight excluding hydrogens is 206 g/mol. The van der Waals surface area contributed by atoms with Crippen molar-refractivity contribution >= 4 is 11.9 Å². The van der Waals surface area contributed by atoms with Crippen molar-refractivity contribution in [1.82, 2.24) is 4.90 Å². The van der Waals surface area contributed by atoms with Crippen LogP contribution < -0.4 is 0 Å². The lowest BCUT2D eigenvalue weighted by atomic mass is 9.89. The molecule has 0 aliphatic heterocycles. The Kier molecular flexibility index (Phi) is 6.08. The average Bonchev–Trinajstić information content (AvgIpc) is 2.17. The second-order valence-corrected chi connectivity index (χ2v) is 4.89. The van der Waals surface area contributed by atoms with Gasteiger partial charge in [0.15, 0.2) is 0 Å². The number of carbonyl (C=O) groups excluding carboxylic acids is 1. The number of hydrogen-bond donors (Lipinski definition) is 1. The van der Waals surface area contributed by atoms with E-state index >= 15 is 0 Å². The second-order valence-electron chi connectivity index (χ2n) is 4.89. The summed E-state index contributed by atoms with van der Waals surface area (Å²) in [4.78, 5) is 24.2. The van der Waals surface area contributed by atoms with Crippen molar-refractivity contribution in [2.75, 3.05) is 13.6 Å². The lowest BCUT2D eigenvalue weighted by Crippen LogP contribution is -2.35. The Bertz CT molecular complexity index is 249. The fraction of sp³-hybridized carbons (Fsp3) is 0.833. The number of amides is 1. The predicted molar refractivity (Wildman–Crippen MR) is 63.2 cm³/mol. The zero-order valence-electron chi connectivity index (χ0n) is 10.7. The van der Waals surface area contributed by atoms with Crippen molar-refractivity contribution in [1.29, 1.82) is 0 Å². The van der Waals surface area contributed by atoms with Crippen molar-refractivity contribution in [2.24, 2.45) is 5.41 Å². The van der Waals surface area contributed by atoms with Crippen LogP contribution in [0.5, 0.6) is 0 Å². The molecule has 1 N–H and O–H groups in total. The average molecular weight is 229 g/mol. The Morgan fingerprint density at radius 2 is 1.81 bits per heavy atom. The van der Waals surface area contributed by atoms with Crippen LogP contribution in [0.15, 0.2) is 0 Å². The van der Waals surface area contributed by atoms with Gasteiger partial charge in [-0.25, -0.2) is 0 Å². The summed E-state index contributed by atoms with van der Waals surface area (Å²) >= 11 is 0. The topological polar surface area (TPSA) is 57.6 Å². The molecule has 94 valence electrons. The van der Waals surface area contributed by atoms with Crippen LogP contribution in [0, 0.1) is 5.41 Å². The smallest absolute Gasteiger partial charge is 0.309 e. The molecule has 0 spiro atoms. The molecule has 4 nitrogen and oxygen atoms in total. The summed E-state index contributed by atoms with van der Waals surface area (Å²) in [6, 6.07) is 0. The van der Waals surface area contributed by atoms with Crippen molar-refractivity contribution < 1.29 is 14.7 Å². The molecule has 16 heavy (non-hydrogen) atoms. The maximum Gasteiger partial charge on any atom is 0.309 e.